The molecule has 5 aliphatic rings. The zero-order valence-corrected chi connectivity index (χ0v) is 20.5. The van der Waals surface area contributed by atoms with Crippen LogP contribution < -0.4 is 21.3 Å². The van der Waals surface area contributed by atoms with Gasteiger partial charge in [-0.3, -0.25) is 20.2 Å². The van der Waals surface area contributed by atoms with Crippen molar-refractivity contribution in [1.82, 2.24) is 26.2 Å². The fourth-order valence-electron chi connectivity index (χ4n) is 6.03. The zero-order valence-electron chi connectivity index (χ0n) is 18.9. The molecule has 32 heavy (non-hydrogen) atoms. The predicted molar refractivity (Wildman–Crippen MR) is 125 cm³/mol. The van der Waals surface area contributed by atoms with Gasteiger partial charge < -0.3 is 20.3 Å². The van der Waals surface area contributed by atoms with E-state index in [1.54, 1.807) is 18.9 Å². The highest BCUT2D eigenvalue weighted by atomic mass is 35.5. The van der Waals surface area contributed by atoms with Crippen molar-refractivity contribution < 1.29 is 14.3 Å². The molecule has 4 aliphatic heterocycles. The molecule has 4 heterocycles. The maximum Gasteiger partial charge on any atom is 0.226 e. The average Bonchev–Trinajstić information content (AvgIpc) is 3.45. The Morgan fingerprint density at radius 1 is 1.12 bits per heavy atom. The molecule has 9 unspecified atom stereocenters. The molecule has 180 valence electrons. The monoisotopic (exact) mass is 485 g/mol. The molecule has 4 saturated heterocycles. The minimum atomic E-state index is -0.105. The van der Waals surface area contributed by atoms with E-state index in [1.165, 1.54) is 0 Å². The third-order valence-electron chi connectivity index (χ3n) is 7.97. The van der Waals surface area contributed by atoms with Crippen LogP contribution in [0.4, 0.5) is 0 Å². The van der Waals surface area contributed by atoms with E-state index < -0.39 is 0 Å². The van der Waals surface area contributed by atoms with Crippen molar-refractivity contribution in [2.24, 2.45) is 23.7 Å². The summed E-state index contributed by atoms with van der Waals surface area (Å²) in [6.07, 6.45) is 3.92. The number of thioether (sulfide) groups is 1. The Labute approximate surface area is 199 Å². The second-order valence-electron chi connectivity index (χ2n) is 10.2. The number of rotatable bonds is 5. The number of nitrogens with one attached hydrogen (secondary N) is 4. The zero-order chi connectivity index (χ0) is 22.4. The summed E-state index contributed by atoms with van der Waals surface area (Å²) < 4.78 is 5.78. The first-order chi connectivity index (χ1) is 15.4. The van der Waals surface area contributed by atoms with Crippen LogP contribution in [-0.2, 0) is 14.3 Å². The quantitative estimate of drug-likeness (QED) is 0.333. The highest BCUT2D eigenvalue weighted by Crippen LogP contribution is 2.39. The summed E-state index contributed by atoms with van der Waals surface area (Å²) in [6, 6.07) is 0.631. The van der Waals surface area contributed by atoms with E-state index in [0.717, 1.165) is 45.3 Å². The molecule has 0 aromatic rings. The normalized spacial score (nSPS) is 44.3. The molecule has 1 aliphatic carbocycles. The standard InChI is InChI=1S/C22H36ClN5O3S/c1-11-5-13(14-6-19(23)25-8-17(14)31-2)15(7-24-11)20(29)27-22-26-16-9-28(10-18(16)32-22)21(30)12-3-4-12/h11-19,22,24-26H,3-10H2,1-2H3,(H,27,29). The minimum absolute atomic E-state index is 0.0731. The summed E-state index contributed by atoms with van der Waals surface area (Å²) in [5.74, 6) is 1.08. The van der Waals surface area contributed by atoms with Crippen LogP contribution in [0.1, 0.15) is 32.6 Å². The van der Waals surface area contributed by atoms with Crippen LogP contribution >= 0.6 is 23.4 Å². The highest BCUT2D eigenvalue weighted by molar-refractivity contribution is 8.00. The van der Waals surface area contributed by atoms with Crippen molar-refractivity contribution in [2.45, 2.75) is 67.0 Å². The Bertz CT molecular complexity index is 714. The number of methoxy groups -OCH3 is 1. The van der Waals surface area contributed by atoms with Crippen LogP contribution in [0.3, 0.4) is 0 Å². The van der Waals surface area contributed by atoms with Crippen LogP contribution in [0.2, 0.25) is 0 Å². The number of alkyl halides is 1. The number of hydrogen-bond donors (Lipinski definition) is 4. The van der Waals surface area contributed by atoms with Crippen LogP contribution in [0.25, 0.3) is 0 Å². The third-order valence-corrected chi connectivity index (χ3v) is 9.66. The molecule has 10 heteroatoms. The highest BCUT2D eigenvalue weighted by Gasteiger charge is 2.48. The Balaban J connectivity index is 1.19. The molecular formula is C22H36ClN5O3S. The number of halogens is 1. The van der Waals surface area contributed by atoms with E-state index in [-0.39, 0.29) is 52.7 Å². The number of ether oxygens (including phenoxy) is 1. The van der Waals surface area contributed by atoms with Gasteiger partial charge in [0, 0.05) is 56.5 Å². The number of amides is 2. The van der Waals surface area contributed by atoms with Crippen molar-refractivity contribution in [3.05, 3.63) is 0 Å². The van der Waals surface area contributed by atoms with Gasteiger partial charge in [0.15, 0.2) is 0 Å². The second kappa shape index (κ2) is 9.58. The topological polar surface area (TPSA) is 94.7 Å². The lowest BCUT2D eigenvalue weighted by atomic mass is 9.70. The summed E-state index contributed by atoms with van der Waals surface area (Å²) in [4.78, 5) is 27.8. The lowest BCUT2D eigenvalue weighted by Gasteiger charge is -2.45. The minimum Gasteiger partial charge on any atom is -0.380 e. The largest absolute Gasteiger partial charge is 0.380 e. The fourth-order valence-corrected chi connectivity index (χ4v) is 7.74. The molecule has 9 atom stereocenters. The van der Waals surface area contributed by atoms with E-state index in [9.17, 15) is 9.59 Å². The molecule has 5 rings (SSSR count). The van der Waals surface area contributed by atoms with Gasteiger partial charge in [0.1, 0.15) is 5.50 Å². The average molecular weight is 486 g/mol. The van der Waals surface area contributed by atoms with Gasteiger partial charge in [-0.2, -0.15) is 0 Å². The van der Waals surface area contributed by atoms with Crippen molar-refractivity contribution in [2.75, 3.05) is 33.3 Å². The second-order valence-corrected chi connectivity index (χ2v) is 12.1. The number of likely N-dealkylation sites (tertiary alicyclic amines) is 1. The molecule has 5 fully saturated rings. The van der Waals surface area contributed by atoms with E-state index in [2.05, 4.69) is 28.2 Å². The first-order valence-electron chi connectivity index (χ1n) is 12.1. The molecule has 4 N–H and O–H groups in total. The Morgan fingerprint density at radius 2 is 1.94 bits per heavy atom. The maximum absolute atomic E-state index is 13.4. The van der Waals surface area contributed by atoms with Gasteiger partial charge >= 0.3 is 0 Å². The molecule has 8 nitrogen and oxygen atoms in total. The Morgan fingerprint density at radius 3 is 2.66 bits per heavy atom. The van der Waals surface area contributed by atoms with E-state index in [4.69, 9.17) is 16.3 Å². The maximum atomic E-state index is 13.4. The van der Waals surface area contributed by atoms with Crippen molar-refractivity contribution >= 4 is 35.2 Å². The number of carbonyl (C=O) groups excluding carboxylic acids is 2. The van der Waals surface area contributed by atoms with Gasteiger partial charge in [0.2, 0.25) is 11.8 Å². The predicted octanol–water partition coefficient (Wildman–Crippen LogP) is 0.516. The van der Waals surface area contributed by atoms with Gasteiger partial charge in [-0.25, -0.2) is 0 Å². The first-order valence-corrected chi connectivity index (χ1v) is 13.4. The van der Waals surface area contributed by atoms with Gasteiger partial charge in [0.05, 0.1) is 17.5 Å². The van der Waals surface area contributed by atoms with Crippen LogP contribution in [-0.4, -0.2) is 84.4 Å². The van der Waals surface area contributed by atoms with Crippen LogP contribution in [0, 0.1) is 23.7 Å². The smallest absolute Gasteiger partial charge is 0.226 e. The number of carbonyl (C=O) groups is 2. The van der Waals surface area contributed by atoms with Crippen LogP contribution in [0.5, 0.6) is 0 Å². The molecule has 1 saturated carbocycles. The molecule has 2 amide bonds. The van der Waals surface area contributed by atoms with E-state index in [1.807, 2.05) is 4.90 Å². The molecule has 0 aromatic carbocycles. The summed E-state index contributed by atoms with van der Waals surface area (Å²) in [7, 11) is 1.75. The Hall–Kier alpha value is -0.580. The van der Waals surface area contributed by atoms with E-state index in [0.29, 0.717) is 23.7 Å². The molecule has 0 bridgehead atoms. The fraction of sp³-hybridized carbons (Fsp3) is 0.909. The summed E-state index contributed by atoms with van der Waals surface area (Å²) in [6.45, 7) is 5.13. The number of fused-ring (bicyclic) bond motifs is 1. The lowest BCUT2D eigenvalue weighted by molar-refractivity contribution is -0.132. The van der Waals surface area contributed by atoms with Crippen LogP contribution in [0.15, 0.2) is 0 Å². The number of piperidine rings is 2. The third kappa shape index (κ3) is 4.79. The van der Waals surface area contributed by atoms with Crippen molar-refractivity contribution in [3.63, 3.8) is 0 Å². The number of hydrogen-bond acceptors (Lipinski definition) is 7. The Kier molecular flexibility index (Phi) is 6.94. The van der Waals surface area contributed by atoms with Gasteiger partial charge in [-0.1, -0.05) is 0 Å². The van der Waals surface area contributed by atoms with Gasteiger partial charge in [-0.05, 0) is 44.4 Å². The lowest BCUT2D eigenvalue weighted by Crippen LogP contribution is -2.57. The summed E-state index contributed by atoms with van der Waals surface area (Å²) in [5.41, 5.74) is -0.171. The molecule has 0 radical (unpaired) electrons. The number of nitrogens with zero attached hydrogens (tertiary/aromatic N) is 1. The van der Waals surface area contributed by atoms with Gasteiger partial charge in [0.25, 0.3) is 0 Å². The SMILES string of the molecule is COC1CNC(Cl)CC1C1CC(C)NCC1C(=O)NC1NC2CN(C(=O)C3CC3)CC2S1. The molecular weight excluding hydrogens is 450 g/mol. The van der Waals surface area contributed by atoms with Crippen molar-refractivity contribution in [3.8, 4) is 0 Å². The summed E-state index contributed by atoms with van der Waals surface area (Å²) >= 11 is 8.20. The summed E-state index contributed by atoms with van der Waals surface area (Å²) in [5, 5.41) is 14.0. The van der Waals surface area contributed by atoms with Crippen molar-refractivity contribution in [1.29, 1.82) is 0 Å². The molecule has 0 spiro atoms. The first kappa shape index (κ1) is 23.2. The van der Waals surface area contributed by atoms with E-state index >= 15 is 0 Å². The van der Waals surface area contributed by atoms with Gasteiger partial charge in [-0.15, -0.1) is 23.4 Å². The molecule has 0 aromatic heterocycles.